The van der Waals surface area contributed by atoms with E-state index in [0.717, 1.165) is 30.9 Å². The molecule has 0 aliphatic heterocycles. The number of anilines is 2. The molecule has 1 aromatic rings. The Morgan fingerprint density at radius 1 is 1.33 bits per heavy atom. The number of nitrogens with one attached hydrogen (secondary N) is 1. The summed E-state index contributed by atoms with van der Waals surface area (Å²) in [6, 6.07) is 0. The van der Waals surface area contributed by atoms with Gasteiger partial charge in [0.1, 0.15) is 9.90 Å². The molecule has 0 unspecified atom stereocenters. The van der Waals surface area contributed by atoms with Gasteiger partial charge in [0.2, 0.25) is 0 Å². The van der Waals surface area contributed by atoms with Gasteiger partial charge >= 0.3 is 0 Å². The highest BCUT2D eigenvalue weighted by Gasteiger charge is 2.24. The third-order valence-electron chi connectivity index (χ3n) is 3.07. The predicted octanol–water partition coefficient (Wildman–Crippen LogP) is 2.37. The van der Waals surface area contributed by atoms with E-state index in [1.165, 1.54) is 0 Å². The molecule has 18 heavy (non-hydrogen) atoms. The third-order valence-corrected chi connectivity index (χ3v) is 5.81. The van der Waals surface area contributed by atoms with Gasteiger partial charge in [0, 0.05) is 6.54 Å². The lowest BCUT2D eigenvalue weighted by Gasteiger charge is -2.13. The standard InChI is InChI=1S/C11H21N3O2S2/c1-4-8(5-2)7-13-11-9(10(12)14-17-11)18(15,16)6-3/h8,13H,4-7H2,1-3H3,(H2,12,14). The van der Waals surface area contributed by atoms with Crippen LogP contribution in [-0.2, 0) is 9.84 Å². The molecule has 0 spiro atoms. The van der Waals surface area contributed by atoms with Crippen LogP contribution in [0.3, 0.4) is 0 Å². The van der Waals surface area contributed by atoms with Crippen molar-refractivity contribution < 1.29 is 8.42 Å². The molecule has 0 bridgehead atoms. The van der Waals surface area contributed by atoms with E-state index in [1.54, 1.807) is 6.92 Å². The van der Waals surface area contributed by atoms with E-state index in [9.17, 15) is 8.42 Å². The second kappa shape index (κ2) is 6.38. The molecule has 104 valence electrons. The molecule has 0 fully saturated rings. The number of aromatic nitrogens is 1. The molecule has 0 saturated heterocycles. The number of nitrogens with two attached hydrogens (primary N) is 1. The van der Waals surface area contributed by atoms with Gasteiger partial charge < -0.3 is 11.1 Å². The first kappa shape index (κ1) is 15.2. The van der Waals surface area contributed by atoms with Gasteiger partial charge in [0.05, 0.1) is 5.75 Å². The quantitative estimate of drug-likeness (QED) is 0.805. The Morgan fingerprint density at radius 2 is 1.94 bits per heavy atom. The largest absolute Gasteiger partial charge is 0.382 e. The zero-order valence-electron chi connectivity index (χ0n) is 11.1. The Hall–Kier alpha value is -0.820. The summed E-state index contributed by atoms with van der Waals surface area (Å²) < 4.78 is 27.8. The molecule has 1 aromatic heterocycles. The minimum absolute atomic E-state index is 0.0370. The maximum atomic E-state index is 11.9. The van der Waals surface area contributed by atoms with E-state index in [1.807, 2.05) is 0 Å². The van der Waals surface area contributed by atoms with Crippen LogP contribution in [0, 0.1) is 5.92 Å². The summed E-state index contributed by atoms with van der Waals surface area (Å²) in [5.74, 6) is 0.675. The van der Waals surface area contributed by atoms with Crippen molar-refractivity contribution in [1.29, 1.82) is 0 Å². The van der Waals surface area contributed by atoms with Gasteiger partial charge in [-0.25, -0.2) is 8.42 Å². The van der Waals surface area contributed by atoms with Crippen molar-refractivity contribution in [3.63, 3.8) is 0 Å². The monoisotopic (exact) mass is 291 g/mol. The van der Waals surface area contributed by atoms with Crippen LogP contribution in [0.2, 0.25) is 0 Å². The predicted molar refractivity (Wildman–Crippen MR) is 76.8 cm³/mol. The van der Waals surface area contributed by atoms with E-state index < -0.39 is 9.84 Å². The Bertz CT molecular complexity index is 478. The van der Waals surface area contributed by atoms with Crippen molar-refractivity contribution in [1.82, 2.24) is 4.37 Å². The fourth-order valence-electron chi connectivity index (χ4n) is 1.67. The zero-order chi connectivity index (χ0) is 13.8. The van der Waals surface area contributed by atoms with Gasteiger partial charge in [-0.15, -0.1) is 0 Å². The number of hydrogen-bond donors (Lipinski definition) is 2. The Morgan fingerprint density at radius 3 is 2.44 bits per heavy atom. The van der Waals surface area contributed by atoms with Gasteiger partial charge in [-0.2, -0.15) is 4.37 Å². The summed E-state index contributed by atoms with van der Waals surface area (Å²) >= 11 is 1.12. The minimum atomic E-state index is -3.32. The summed E-state index contributed by atoms with van der Waals surface area (Å²) in [7, 11) is -3.32. The maximum Gasteiger partial charge on any atom is 0.184 e. The molecule has 0 saturated carbocycles. The first-order valence-corrected chi connectivity index (χ1v) is 8.60. The summed E-state index contributed by atoms with van der Waals surface area (Å²) in [4.78, 5) is 0.168. The van der Waals surface area contributed by atoms with Gasteiger partial charge in [-0.05, 0) is 17.5 Å². The maximum absolute atomic E-state index is 11.9. The molecule has 0 aliphatic carbocycles. The molecule has 0 atom stereocenters. The van der Waals surface area contributed by atoms with E-state index in [-0.39, 0.29) is 16.5 Å². The summed E-state index contributed by atoms with van der Waals surface area (Å²) in [5.41, 5.74) is 5.65. The molecule has 1 rings (SSSR count). The average Bonchev–Trinajstić information content (AvgIpc) is 2.72. The molecule has 0 amide bonds. The normalized spacial score (nSPS) is 12.0. The topological polar surface area (TPSA) is 85.1 Å². The highest BCUT2D eigenvalue weighted by molar-refractivity contribution is 7.91. The number of hydrogen-bond acceptors (Lipinski definition) is 6. The van der Waals surface area contributed by atoms with Crippen molar-refractivity contribution >= 4 is 32.2 Å². The van der Waals surface area contributed by atoms with Crippen molar-refractivity contribution in [2.24, 2.45) is 5.92 Å². The molecule has 0 radical (unpaired) electrons. The van der Waals surface area contributed by atoms with E-state index in [2.05, 4.69) is 23.5 Å². The Labute approximate surface area is 113 Å². The van der Waals surface area contributed by atoms with Crippen molar-refractivity contribution in [3.05, 3.63) is 0 Å². The van der Waals surface area contributed by atoms with Gasteiger partial charge in [-0.3, -0.25) is 0 Å². The zero-order valence-corrected chi connectivity index (χ0v) is 12.7. The van der Waals surface area contributed by atoms with E-state index >= 15 is 0 Å². The van der Waals surface area contributed by atoms with Crippen LogP contribution in [0.15, 0.2) is 4.90 Å². The first-order chi connectivity index (χ1) is 8.46. The lowest BCUT2D eigenvalue weighted by molar-refractivity contribution is 0.519. The van der Waals surface area contributed by atoms with E-state index in [0.29, 0.717) is 10.9 Å². The molecular weight excluding hydrogens is 270 g/mol. The lowest BCUT2D eigenvalue weighted by Crippen LogP contribution is -2.14. The number of nitrogens with zero attached hydrogens (tertiary/aromatic N) is 1. The smallest absolute Gasteiger partial charge is 0.184 e. The van der Waals surface area contributed by atoms with Crippen LogP contribution < -0.4 is 11.1 Å². The number of nitrogen functional groups attached to an aromatic ring is 1. The molecule has 7 heteroatoms. The Balaban J connectivity index is 2.92. The third kappa shape index (κ3) is 3.35. The van der Waals surface area contributed by atoms with Crippen LogP contribution >= 0.6 is 11.5 Å². The van der Waals surface area contributed by atoms with Crippen molar-refractivity contribution in [3.8, 4) is 0 Å². The second-order valence-electron chi connectivity index (χ2n) is 4.19. The molecule has 1 heterocycles. The van der Waals surface area contributed by atoms with Crippen LogP contribution in [0.5, 0.6) is 0 Å². The lowest BCUT2D eigenvalue weighted by atomic mass is 10.0. The molecule has 0 aliphatic rings. The highest BCUT2D eigenvalue weighted by Crippen LogP contribution is 2.32. The fourth-order valence-corrected chi connectivity index (χ4v) is 3.84. The minimum Gasteiger partial charge on any atom is -0.382 e. The second-order valence-corrected chi connectivity index (χ2v) is 7.18. The van der Waals surface area contributed by atoms with Gasteiger partial charge in [-0.1, -0.05) is 33.6 Å². The van der Waals surface area contributed by atoms with Crippen molar-refractivity contribution in [2.75, 3.05) is 23.3 Å². The molecular formula is C11H21N3O2S2. The van der Waals surface area contributed by atoms with Crippen LogP contribution in [-0.4, -0.2) is 25.1 Å². The first-order valence-electron chi connectivity index (χ1n) is 6.17. The van der Waals surface area contributed by atoms with Crippen LogP contribution in [0.1, 0.15) is 33.6 Å². The van der Waals surface area contributed by atoms with Gasteiger partial charge in [0.15, 0.2) is 15.7 Å². The number of sulfone groups is 1. The van der Waals surface area contributed by atoms with Gasteiger partial charge in [0.25, 0.3) is 0 Å². The van der Waals surface area contributed by atoms with Crippen molar-refractivity contribution in [2.45, 2.75) is 38.5 Å². The van der Waals surface area contributed by atoms with Crippen LogP contribution in [0.4, 0.5) is 10.8 Å². The van der Waals surface area contributed by atoms with Crippen LogP contribution in [0.25, 0.3) is 0 Å². The SMILES string of the molecule is CCC(CC)CNc1snc(N)c1S(=O)(=O)CC. The highest BCUT2D eigenvalue weighted by atomic mass is 32.2. The average molecular weight is 291 g/mol. The Kier molecular flexibility index (Phi) is 5.40. The number of rotatable bonds is 7. The summed E-state index contributed by atoms with van der Waals surface area (Å²) in [5, 5.41) is 3.74. The summed E-state index contributed by atoms with van der Waals surface area (Å²) in [6.45, 7) is 6.61. The summed E-state index contributed by atoms with van der Waals surface area (Å²) in [6.07, 6.45) is 2.13. The fraction of sp³-hybridized carbons (Fsp3) is 0.727. The molecule has 0 aromatic carbocycles. The molecule has 5 nitrogen and oxygen atoms in total. The molecule has 3 N–H and O–H groups in total. The van der Waals surface area contributed by atoms with E-state index in [4.69, 9.17) is 5.73 Å².